The van der Waals surface area contributed by atoms with Gasteiger partial charge < -0.3 is 14.2 Å². The molecule has 1 aromatic carbocycles. The summed E-state index contributed by atoms with van der Waals surface area (Å²) in [5.74, 6) is 0.0137. The summed E-state index contributed by atoms with van der Waals surface area (Å²) in [7, 11) is 5.60. The van der Waals surface area contributed by atoms with Crippen molar-refractivity contribution in [3.8, 4) is 11.3 Å². The number of carbonyl (C=O) groups is 2. The lowest BCUT2D eigenvalue weighted by molar-refractivity contribution is 0.0635. The average Bonchev–Trinajstić information content (AvgIpc) is 3.32. The normalized spacial score (nSPS) is 14.7. The summed E-state index contributed by atoms with van der Waals surface area (Å²) in [4.78, 5) is 37.8. The number of hydrogen-bond acceptors (Lipinski definition) is 6. The quantitative estimate of drug-likeness (QED) is 0.279. The van der Waals surface area contributed by atoms with E-state index < -0.39 is 11.7 Å². The molecule has 9 nitrogen and oxygen atoms in total. The Morgan fingerprint density at radius 2 is 1.79 bits per heavy atom. The molecule has 0 aliphatic carbocycles. The highest BCUT2D eigenvalue weighted by Crippen LogP contribution is 2.34. The van der Waals surface area contributed by atoms with E-state index >= 15 is 0 Å². The van der Waals surface area contributed by atoms with E-state index in [1.54, 1.807) is 25.2 Å². The highest BCUT2D eigenvalue weighted by molar-refractivity contribution is 5.94. The lowest BCUT2D eigenvalue weighted by Crippen LogP contribution is -2.32. The van der Waals surface area contributed by atoms with Gasteiger partial charge in [-0.25, -0.2) is 9.78 Å². The van der Waals surface area contributed by atoms with Gasteiger partial charge in [0.05, 0.1) is 17.6 Å². The van der Waals surface area contributed by atoms with Crippen molar-refractivity contribution in [3.63, 3.8) is 0 Å². The van der Waals surface area contributed by atoms with Crippen LogP contribution in [-0.2, 0) is 11.8 Å². The van der Waals surface area contributed by atoms with Crippen molar-refractivity contribution in [2.45, 2.75) is 45.8 Å². The van der Waals surface area contributed by atoms with Crippen LogP contribution >= 0.6 is 0 Å². The van der Waals surface area contributed by atoms with Crippen LogP contribution in [0.2, 0.25) is 0 Å². The van der Waals surface area contributed by atoms with E-state index in [9.17, 15) is 9.59 Å². The largest absolute Gasteiger partial charge is 0.444 e. The Morgan fingerprint density at radius 1 is 1.05 bits per heavy atom. The standard InChI is InChI=1S/C34H40N6O3/c1-22(40-18-15-24(16-19-40)23-8-10-25(11-9-23)32(41)38(5)6)30-20-28-27(14-17-35-31(28)39(30)7)29-13-12-26(21-36-29)37-33(42)43-34(2,3)4/h8-15,17,20-22H,16,18-19H2,1-7H3,(H,37,42). The molecule has 0 spiro atoms. The molecule has 1 aliphatic heterocycles. The van der Waals surface area contributed by atoms with Crippen molar-refractivity contribution < 1.29 is 14.3 Å². The van der Waals surface area contributed by atoms with Gasteiger partial charge in [-0.05, 0) is 81.7 Å². The Kier molecular flexibility index (Phi) is 8.37. The zero-order valence-corrected chi connectivity index (χ0v) is 26.0. The van der Waals surface area contributed by atoms with Crippen LogP contribution in [-0.4, -0.2) is 69.1 Å². The second kappa shape index (κ2) is 12.0. The predicted octanol–water partition coefficient (Wildman–Crippen LogP) is 6.53. The van der Waals surface area contributed by atoms with Crippen molar-refractivity contribution in [1.29, 1.82) is 0 Å². The van der Waals surface area contributed by atoms with Crippen LogP contribution in [0.3, 0.4) is 0 Å². The van der Waals surface area contributed by atoms with Gasteiger partial charge in [0.1, 0.15) is 11.2 Å². The van der Waals surface area contributed by atoms with Crippen molar-refractivity contribution in [1.82, 2.24) is 24.3 Å². The van der Waals surface area contributed by atoms with Crippen LogP contribution in [0.15, 0.2) is 67.0 Å². The minimum atomic E-state index is -0.574. The van der Waals surface area contributed by atoms with Gasteiger partial charge in [-0.15, -0.1) is 0 Å². The van der Waals surface area contributed by atoms with Crippen molar-refractivity contribution in [3.05, 3.63) is 83.8 Å². The summed E-state index contributed by atoms with van der Waals surface area (Å²) < 4.78 is 7.51. The van der Waals surface area contributed by atoms with Crippen LogP contribution in [0, 0.1) is 0 Å². The molecule has 0 saturated carbocycles. The highest BCUT2D eigenvalue weighted by atomic mass is 16.6. The summed E-state index contributed by atoms with van der Waals surface area (Å²) in [5, 5.41) is 3.77. The summed E-state index contributed by atoms with van der Waals surface area (Å²) >= 11 is 0. The summed E-state index contributed by atoms with van der Waals surface area (Å²) in [6, 6.07) is 16.0. The van der Waals surface area contributed by atoms with Gasteiger partial charge in [-0.2, -0.15) is 0 Å². The van der Waals surface area contributed by atoms with Crippen LogP contribution in [0.4, 0.5) is 10.5 Å². The molecule has 1 atom stereocenters. The predicted molar refractivity (Wildman–Crippen MR) is 171 cm³/mol. The minimum Gasteiger partial charge on any atom is -0.444 e. The molecular weight excluding hydrogens is 540 g/mol. The number of nitrogens with zero attached hydrogens (tertiary/aromatic N) is 5. The molecule has 0 fully saturated rings. The molecule has 9 heteroatoms. The number of hydrogen-bond donors (Lipinski definition) is 1. The number of pyridine rings is 2. The van der Waals surface area contributed by atoms with Gasteiger partial charge in [-0.1, -0.05) is 18.2 Å². The van der Waals surface area contributed by atoms with E-state index in [-0.39, 0.29) is 11.9 Å². The molecule has 0 bridgehead atoms. The molecule has 0 radical (unpaired) electrons. The van der Waals surface area contributed by atoms with Gasteiger partial charge in [0.15, 0.2) is 0 Å². The van der Waals surface area contributed by atoms with Gasteiger partial charge >= 0.3 is 6.09 Å². The average molecular weight is 581 g/mol. The Bertz CT molecular complexity index is 1660. The molecular formula is C34H40N6O3. The Balaban J connectivity index is 1.32. The molecule has 224 valence electrons. The molecule has 1 unspecified atom stereocenters. The molecule has 4 aromatic rings. The fraction of sp³-hybridized carbons (Fsp3) is 0.353. The molecule has 1 aliphatic rings. The first-order chi connectivity index (χ1) is 20.4. The van der Waals surface area contributed by atoms with Crippen LogP contribution < -0.4 is 5.32 Å². The number of ether oxygens (including phenoxy) is 1. The molecule has 3 aromatic heterocycles. The Morgan fingerprint density at radius 3 is 2.40 bits per heavy atom. The van der Waals surface area contributed by atoms with Crippen LogP contribution in [0.1, 0.15) is 61.8 Å². The van der Waals surface area contributed by atoms with E-state index in [1.807, 2.05) is 69.4 Å². The Hall–Kier alpha value is -4.50. The number of fused-ring (bicyclic) bond motifs is 1. The van der Waals surface area contributed by atoms with Gasteiger partial charge in [0.2, 0.25) is 0 Å². The number of carbonyl (C=O) groups excluding carboxylic acids is 2. The summed E-state index contributed by atoms with van der Waals surface area (Å²) in [6.45, 7) is 9.49. The number of aromatic nitrogens is 3. The van der Waals surface area contributed by atoms with E-state index in [0.29, 0.717) is 11.3 Å². The minimum absolute atomic E-state index is 0.0137. The second-order valence-electron chi connectivity index (χ2n) is 12.2. The van der Waals surface area contributed by atoms with Gasteiger partial charge in [0.25, 0.3) is 5.91 Å². The third-order valence-corrected chi connectivity index (χ3v) is 7.78. The lowest BCUT2D eigenvalue weighted by atomic mass is 9.97. The Labute approximate surface area is 253 Å². The fourth-order valence-electron chi connectivity index (χ4n) is 5.48. The number of amides is 2. The smallest absolute Gasteiger partial charge is 0.412 e. The molecule has 1 N–H and O–H groups in total. The lowest BCUT2D eigenvalue weighted by Gasteiger charge is -2.32. The van der Waals surface area contributed by atoms with E-state index in [2.05, 4.69) is 45.9 Å². The van der Waals surface area contributed by atoms with Crippen molar-refractivity contribution in [2.75, 3.05) is 32.5 Å². The first-order valence-electron chi connectivity index (χ1n) is 14.6. The maximum absolute atomic E-state index is 12.2. The molecule has 0 saturated heterocycles. The highest BCUT2D eigenvalue weighted by Gasteiger charge is 2.24. The maximum Gasteiger partial charge on any atom is 0.412 e. The number of anilines is 1. The number of benzene rings is 1. The first-order valence-corrected chi connectivity index (χ1v) is 14.6. The van der Waals surface area contributed by atoms with Gasteiger partial charge in [0, 0.05) is 68.7 Å². The first kappa shape index (κ1) is 30.0. The summed E-state index contributed by atoms with van der Waals surface area (Å²) in [5.41, 5.74) is 7.05. The third kappa shape index (κ3) is 6.62. The number of rotatable bonds is 6. The van der Waals surface area contributed by atoms with Crippen LogP contribution in [0.5, 0.6) is 0 Å². The zero-order valence-electron chi connectivity index (χ0n) is 26.0. The summed E-state index contributed by atoms with van der Waals surface area (Å²) in [6.07, 6.45) is 6.18. The molecule has 43 heavy (non-hydrogen) atoms. The van der Waals surface area contributed by atoms with Crippen molar-refractivity contribution >= 4 is 34.3 Å². The molecule has 2 amide bonds. The van der Waals surface area contributed by atoms with Gasteiger partial charge in [-0.3, -0.25) is 20.0 Å². The van der Waals surface area contributed by atoms with E-state index in [4.69, 9.17) is 9.72 Å². The third-order valence-electron chi connectivity index (χ3n) is 7.78. The second-order valence-corrected chi connectivity index (χ2v) is 12.2. The fourth-order valence-corrected chi connectivity index (χ4v) is 5.48. The van der Waals surface area contributed by atoms with E-state index in [1.165, 1.54) is 16.8 Å². The molecule has 5 rings (SSSR count). The number of aryl methyl sites for hydroxylation is 1. The van der Waals surface area contributed by atoms with Crippen LogP contribution in [0.25, 0.3) is 27.9 Å². The maximum atomic E-state index is 12.2. The van der Waals surface area contributed by atoms with E-state index in [0.717, 1.165) is 41.8 Å². The zero-order chi connectivity index (χ0) is 30.9. The topological polar surface area (TPSA) is 92.6 Å². The molecule has 4 heterocycles. The number of nitrogens with one attached hydrogen (secondary N) is 1. The monoisotopic (exact) mass is 580 g/mol. The van der Waals surface area contributed by atoms with Crippen molar-refractivity contribution in [2.24, 2.45) is 7.05 Å². The SMILES string of the molecule is CC(c1cc2c(-c3ccc(NC(=O)OC(C)(C)C)cn3)ccnc2n1C)N1CC=C(c2ccc(C(=O)N(C)C)cc2)CC1.